The Morgan fingerprint density at radius 1 is 1.20 bits per heavy atom. The molecule has 0 nitrogen and oxygen atoms in total. The summed E-state index contributed by atoms with van der Waals surface area (Å²) in [6, 6.07) is 8.80. The van der Waals surface area contributed by atoms with Gasteiger partial charge in [-0.15, -0.1) is 0 Å². The van der Waals surface area contributed by atoms with Gasteiger partial charge in [-0.05, 0) is 35.8 Å². The van der Waals surface area contributed by atoms with Crippen LogP contribution >= 0.6 is 0 Å². The van der Waals surface area contributed by atoms with Crippen LogP contribution in [-0.2, 0) is 0 Å². The molecule has 1 aromatic rings. The van der Waals surface area contributed by atoms with Crippen molar-refractivity contribution in [2.45, 2.75) is 39.5 Å². The van der Waals surface area contributed by atoms with Crippen molar-refractivity contribution >= 4 is 6.08 Å². The van der Waals surface area contributed by atoms with E-state index in [0.29, 0.717) is 5.92 Å². The van der Waals surface area contributed by atoms with Gasteiger partial charge in [-0.1, -0.05) is 57.7 Å². The first-order valence-corrected chi connectivity index (χ1v) is 5.89. The summed E-state index contributed by atoms with van der Waals surface area (Å²) in [6.45, 7) is 10.6. The predicted molar refractivity (Wildman–Crippen MR) is 69.0 cm³/mol. The van der Waals surface area contributed by atoms with E-state index in [0.717, 1.165) is 5.92 Å². The SMILES string of the molecule is C=Cc1ccc(C(CC)CC(C)C)cc1. The largest absolute Gasteiger partial charge is 0.0985 e. The molecule has 82 valence electrons. The molecule has 0 aromatic heterocycles. The van der Waals surface area contributed by atoms with Crippen molar-refractivity contribution in [3.05, 3.63) is 42.0 Å². The Labute approximate surface area is 94.0 Å². The molecule has 0 amide bonds. The van der Waals surface area contributed by atoms with E-state index in [9.17, 15) is 0 Å². The lowest BCUT2D eigenvalue weighted by molar-refractivity contribution is 0.489. The van der Waals surface area contributed by atoms with Gasteiger partial charge >= 0.3 is 0 Å². The van der Waals surface area contributed by atoms with E-state index in [2.05, 4.69) is 51.6 Å². The normalized spacial score (nSPS) is 12.8. The third-order valence-electron chi connectivity index (χ3n) is 2.89. The topological polar surface area (TPSA) is 0 Å². The van der Waals surface area contributed by atoms with Gasteiger partial charge in [-0.2, -0.15) is 0 Å². The van der Waals surface area contributed by atoms with Crippen LogP contribution in [0.1, 0.15) is 50.7 Å². The number of rotatable bonds is 5. The second-order valence-corrected chi connectivity index (χ2v) is 4.61. The molecular weight excluding hydrogens is 180 g/mol. The Morgan fingerprint density at radius 3 is 2.20 bits per heavy atom. The molecule has 0 radical (unpaired) electrons. The molecule has 0 saturated heterocycles. The van der Waals surface area contributed by atoms with Crippen LogP contribution < -0.4 is 0 Å². The highest BCUT2D eigenvalue weighted by atomic mass is 14.2. The molecule has 0 aliphatic heterocycles. The highest BCUT2D eigenvalue weighted by Gasteiger charge is 2.10. The van der Waals surface area contributed by atoms with E-state index < -0.39 is 0 Å². The fraction of sp³-hybridized carbons (Fsp3) is 0.467. The standard InChI is InChI=1S/C15H22/c1-5-13-7-9-15(10-8-13)14(6-2)11-12(3)4/h5,7-10,12,14H,1,6,11H2,2-4H3. The van der Waals surface area contributed by atoms with Crippen LogP contribution in [-0.4, -0.2) is 0 Å². The van der Waals surface area contributed by atoms with Crippen molar-refractivity contribution in [3.8, 4) is 0 Å². The molecule has 0 saturated carbocycles. The molecule has 1 rings (SSSR count). The molecule has 15 heavy (non-hydrogen) atoms. The zero-order valence-corrected chi connectivity index (χ0v) is 10.2. The second-order valence-electron chi connectivity index (χ2n) is 4.61. The molecule has 0 aliphatic carbocycles. The van der Waals surface area contributed by atoms with Gasteiger partial charge in [0.1, 0.15) is 0 Å². The van der Waals surface area contributed by atoms with Gasteiger partial charge in [0, 0.05) is 0 Å². The number of hydrogen-bond acceptors (Lipinski definition) is 0. The third kappa shape index (κ3) is 3.54. The summed E-state index contributed by atoms with van der Waals surface area (Å²) in [5.41, 5.74) is 2.68. The van der Waals surface area contributed by atoms with Gasteiger partial charge in [0.05, 0.1) is 0 Å². The van der Waals surface area contributed by atoms with E-state index >= 15 is 0 Å². The molecule has 0 fully saturated rings. The molecule has 0 heterocycles. The van der Waals surface area contributed by atoms with Crippen LogP contribution in [0.2, 0.25) is 0 Å². The Hall–Kier alpha value is -1.04. The predicted octanol–water partition coefficient (Wildman–Crippen LogP) is 4.87. The maximum Gasteiger partial charge on any atom is -0.0162 e. The smallest absolute Gasteiger partial charge is 0.0162 e. The van der Waals surface area contributed by atoms with Crippen molar-refractivity contribution in [1.29, 1.82) is 0 Å². The summed E-state index contributed by atoms with van der Waals surface area (Å²) in [4.78, 5) is 0. The molecular formula is C15H22. The Bertz CT molecular complexity index is 292. The summed E-state index contributed by atoms with van der Waals surface area (Å²) < 4.78 is 0. The van der Waals surface area contributed by atoms with Gasteiger partial charge in [-0.25, -0.2) is 0 Å². The average Bonchev–Trinajstić information content (AvgIpc) is 2.26. The Morgan fingerprint density at radius 2 is 1.80 bits per heavy atom. The molecule has 0 bridgehead atoms. The van der Waals surface area contributed by atoms with Gasteiger partial charge < -0.3 is 0 Å². The summed E-state index contributed by atoms with van der Waals surface area (Å²) >= 11 is 0. The van der Waals surface area contributed by atoms with E-state index in [1.54, 1.807) is 0 Å². The number of hydrogen-bond donors (Lipinski definition) is 0. The van der Waals surface area contributed by atoms with E-state index in [1.807, 2.05) is 6.08 Å². The van der Waals surface area contributed by atoms with Crippen LogP contribution in [0.3, 0.4) is 0 Å². The zero-order valence-electron chi connectivity index (χ0n) is 10.2. The quantitative estimate of drug-likeness (QED) is 0.639. The highest BCUT2D eigenvalue weighted by molar-refractivity contribution is 5.47. The maximum atomic E-state index is 3.77. The summed E-state index contributed by atoms with van der Waals surface area (Å²) in [5, 5.41) is 0. The van der Waals surface area contributed by atoms with Crippen LogP contribution in [0.15, 0.2) is 30.8 Å². The molecule has 0 heteroatoms. The maximum absolute atomic E-state index is 3.77. The van der Waals surface area contributed by atoms with E-state index in [1.165, 1.54) is 24.0 Å². The first-order chi connectivity index (χ1) is 7.17. The summed E-state index contributed by atoms with van der Waals surface area (Å²) in [6.07, 6.45) is 4.41. The van der Waals surface area contributed by atoms with Gasteiger partial charge in [0.15, 0.2) is 0 Å². The van der Waals surface area contributed by atoms with Crippen LogP contribution in [0, 0.1) is 5.92 Å². The molecule has 0 aliphatic rings. The Kier molecular flexibility index (Phi) is 4.61. The van der Waals surface area contributed by atoms with Crippen LogP contribution in [0.25, 0.3) is 6.08 Å². The minimum Gasteiger partial charge on any atom is -0.0985 e. The second kappa shape index (κ2) is 5.75. The van der Waals surface area contributed by atoms with E-state index in [4.69, 9.17) is 0 Å². The molecule has 0 spiro atoms. The summed E-state index contributed by atoms with van der Waals surface area (Å²) in [5.74, 6) is 1.48. The monoisotopic (exact) mass is 202 g/mol. The minimum atomic E-state index is 0.712. The van der Waals surface area contributed by atoms with Gasteiger partial charge in [-0.3, -0.25) is 0 Å². The van der Waals surface area contributed by atoms with Gasteiger partial charge in [0.2, 0.25) is 0 Å². The molecule has 1 unspecified atom stereocenters. The van der Waals surface area contributed by atoms with Crippen molar-refractivity contribution in [3.63, 3.8) is 0 Å². The average molecular weight is 202 g/mol. The lowest BCUT2D eigenvalue weighted by atomic mass is 9.88. The Balaban J connectivity index is 2.78. The highest BCUT2D eigenvalue weighted by Crippen LogP contribution is 2.27. The minimum absolute atomic E-state index is 0.712. The molecule has 1 atom stereocenters. The lowest BCUT2D eigenvalue weighted by Gasteiger charge is -2.17. The number of benzene rings is 1. The molecule has 0 N–H and O–H groups in total. The van der Waals surface area contributed by atoms with Crippen LogP contribution in [0.4, 0.5) is 0 Å². The van der Waals surface area contributed by atoms with Crippen molar-refractivity contribution < 1.29 is 0 Å². The third-order valence-corrected chi connectivity index (χ3v) is 2.89. The van der Waals surface area contributed by atoms with Crippen LogP contribution in [0.5, 0.6) is 0 Å². The van der Waals surface area contributed by atoms with Gasteiger partial charge in [0.25, 0.3) is 0 Å². The molecule has 1 aromatic carbocycles. The first kappa shape index (κ1) is 12.0. The first-order valence-electron chi connectivity index (χ1n) is 5.89. The summed E-state index contributed by atoms with van der Waals surface area (Å²) in [7, 11) is 0. The fourth-order valence-electron chi connectivity index (χ4n) is 2.01. The van der Waals surface area contributed by atoms with Crippen molar-refractivity contribution in [2.24, 2.45) is 5.92 Å². The lowest BCUT2D eigenvalue weighted by Crippen LogP contribution is -2.01. The zero-order chi connectivity index (χ0) is 11.3. The van der Waals surface area contributed by atoms with Crippen molar-refractivity contribution in [2.75, 3.05) is 0 Å². The van der Waals surface area contributed by atoms with Crippen molar-refractivity contribution in [1.82, 2.24) is 0 Å². The van der Waals surface area contributed by atoms with E-state index in [-0.39, 0.29) is 0 Å². The fourth-order valence-corrected chi connectivity index (χ4v) is 2.01.